The van der Waals surface area contributed by atoms with E-state index in [-0.39, 0.29) is 6.10 Å². The van der Waals surface area contributed by atoms with Crippen LogP contribution in [-0.2, 0) is 0 Å². The van der Waals surface area contributed by atoms with Crippen molar-refractivity contribution in [3.05, 3.63) is 35.9 Å². The van der Waals surface area contributed by atoms with Crippen molar-refractivity contribution in [1.82, 2.24) is 9.80 Å². The highest BCUT2D eigenvalue weighted by molar-refractivity contribution is 5.17. The van der Waals surface area contributed by atoms with Gasteiger partial charge in [-0.2, -0.15) is 0 Å². The second-order valence-corrected chi connectivity index (χ2v) is 6.23. The number of likely N-dealkylation sites (tertiary alicyclic amines) is 2. The minimum absolute atomic E-state index is 0.353. The lowest BCUT2D eigenvalue weighted by Crippen LogP contribution is -2.47. The van der Waals surface area contributed by atoms with Crippen molar-refractivity contribution in [1.29, 1.82) is 0 Å². The number of hydrogen-bond acceptors (Lipinski definition) is 3. The van der Waals surface area contributed by atoms with Crippen LogP contribution in [0.25, 0.3) is 0 Å². The molecule has 20 heavy (non-hydrogen) atoms. The summed E-state index contributed by atoms with van der Waals surface area (Å²) in [6.07, 6.45) is 4.97. The second kappa shape index (κ2) is 6.70. The molecule has 2 fully saturated rings. The Morgan fingerprint density at radius 1 is 1.05 bits per heavy atom. The number of hydrogen-bond donors (Lipinski definition) is 1. The van der Waals surface area contributed by atoms with Crippen molar-refractivity contribution < 1.29 is 5.11 Å². The molecule has 110 valence electrons. The molecule has 2 unspecified atom stereocenters. The smallest absolute Gasteiger partial charge is 0.0916 e. The number of piperidine rings is 1. The molecule has 0 saturated carbocycles. The van der Waals surface area contributed by atoms with Gasteiger partial charge in [0.2, 0.25) is 0 Å². The lowest BCUT2D eigenvalue weighted by atomic mass is 10.0. The van der Waals surface area contributed by atoms with E-state index in [1.54, 1.807) is 0 Å². The van der Waals surface area contributed by atoms with Gasteiger partial charge in [0.25, 0.3) is 0 Å². The molecule has 2 aliphatic heterocycles. The van der Waals surface area contributed by atoms with Gasteiger partial charge in [0.15, 0.2) is 0 Å². The van der Waals surface area contributed by atoms with E-state index in [1.807, 2.05) is 30.3 Å². The van der Waals surface area contributed by atoms with Crippen LogP contribution in [0.1, 0.15) is 37.4 Å². The van der Waals surface area contributed by atoms with E-state index in [0.29, 0.717) is 6.04 Å². The molecule has 3 nitrogen and oxygen atoms in total. The highest BCUT2D eigenvalue weighted by atomic mass is 16.3. The first-order valence-corrected chi connectivity index (χ1v) is 8.02. The van der Waals surface area contributed by atoms with E-state index in [0.717, 1.165) is 25.2 Å². The van der Waals surface area contributed by atoms with Gasteiger partial charge in [-0.05, 0) is 50.9 Å². The van der Waals surface area contributed by atoms with Crippen molar-refractivity contribution >= 4 is 0 Å². The number of aliphatic hydroxyl groups excluding tert-OH is 1. The average Bonchev–Trinajstić information content (AvgIpc) is 3.03. The van der Waals surface area contributed by atoms with E-state index >= 15 is 0 Å². The van der Waals surface area contributed by atoms with Gasteiger partial charge in [-0.1, -0.05) is 30.3 Å². The molecule has 0 amide bonds. The van der Waals surface area contributed by atoms with Gasteiger partial charge < -0.3 is 5.11 Å². The van der Waals surface area contributed by atoms with E-state index in [1.165, 1.54) is 38.8 Å². The largest absolute Gasteiger partial charge is 0.387 e. The predicted octanol–water partition coefficient (Wildman–Crippen LogP) is 2.28. The third-order valence-electron chi connectivity index (χ3n) is 4.75. The van der Waals surface area contributed by atoms with Gasteiger partial charge in [-0.3, -0.25) is 9.80 Å². The molecule has 3 heteroatoms. The standard InChI is InChI=1S/C17H26N2O/c20-17(15-7-2-1-3-8-15)14-18-10-6-9-16(13-18)19-11-4-5-12-19/h1-3,7-8,16-17,20H,4-6,9-14H2. The molecule has 0 bridgehead atoms. The highest BCUT2D eigenvalue weighted by Crippen LogP contribution is 2.22. The Morgan fingerprint density at radius 2 is 1.80 bits per heavy atom. The van der Waals surface area contributed by atoms with Crippen LogP contribution in [-0.4, -0.2) is 53.7 Å². The van der Waals surface area contributed by atoms with Gasteiger partial charge in [-0.25, -0.2) is 0 Å². The fourth-order valence-corrected chi connectivity index (χ4v) is 3.63. The summed E-state index contributed by atoms with van der Waals surface area (Å²) in [6.45, 7) is 5.59. The Morgan fingerprint density at radius 3 is 2.55 bits per heavy atom. The van der Waals surface area contributed by atoms with Crippen molar-refractivity contribution in [2.45, 2.75) is 37.8 Å². The molecular formula is C17H26N2O. The SMILES string of the molecule is OC(CN1CCCC(N2CCCC2)C1)c1ccccc1. The lowest BCUT2D eigenvalue weighted by Gasteiger charge is -2.38. The van der Waals surface area contributed by atoms with Crippen LogP contribution >= 0.6 is 0 Å². The predicted molar refractivity (Wildman–Crippen MR) is 81.7 cm³/mol. The minimum Gasteiger partial charge on any atom is -0.387 e. The van der Waals surface area contributed by atoms with E-state index in [4.69, 9.17) is 0 Å². The molecule has 1 N–H and O–H groups in total. The highest BCUT2D eigenvalue weighted by Gasteiger charge is 2.27. The summed E-state index contributed by atoms with van der Waals surface area (Å²) < 4.78 is 0. The third-order valence-corrected chi connectivity index (χ3v) is 4.75. The Hall–Kier alpha value is -0.900. The zero-order valence-electron chi connectivity index (χ0n) is 12.2. The van der Waals surface area contributed by atoms with Crippen LogP contribution in [0.15, 0.2) is 30.3 Å². The average molecular weight is 274 g/mol. The summed E-state index contributed by atoms with van der Waals surface area (Å²) in [7, 11) is 0. The van der Waals surface area contributed by atoms with Gasteiger partial charge in [0, 0.05) is 19.1 Å². The first-order chi connectivity index (χ1) is 9.83. The monoisotopic (exact) mass is 274 g/mol. The van der Waals surface area contributed by atoms with Crippen LogP contribution in [0.3, 0.4) is 0 Å². The van der Waals surface area contributed by atoms with Crippen molar-refractivity contribution in [2.24, 2.45) is 0 Å². The molecule has 2 atom stereocenters. The zero-order valence-corrected chi connectivity index (χ0v) is 12.2. The molecule has 0 spiro atoms. The van der Waals surface area contributed by atoms with Crippen LogP contribution in [0, 0.1) is 0 Å². The number of nitrogens with zero attached hydrogens (tertiary/aromatic N) is 2. The number of benzene rings is 1. The molecule has 0 radical (unpaired) electrons. The molecule has 2 saturated heterocycles. The zero-order chi connectivity index (χ0) is 13.8. The molecular weight excluding hydrogens is 248 g/mol. The summed E-state index contributed by atoms with van der Waals surface area (Å²) >= 11 is 0. The molecule has 0 aromatic heterocycles. The minimum atomic E-state index is -0.353. The first-order valence-electron chi connectivity index (χ1n) is 8.02. The number of β-amino-alcohol motifs (C(OH)–C–C–N with tert-alkyl or cyclic N) is 1. The van der Waals surface area contributed by atoms with Crippen LogP contribution in [0.4, 0.5) is 0 Å². The molecule has 1 aromatic carbocycles. The maximum atomic E-state index is 10.4. The van der Waals surface area contributed by atoms with Crippen LogP contribution < -0.4 is 0 Å². The summed E-state index contributed by atoms with van der Waals surface area (Å²) in [5.41, 5.74) is 1.04. The normalized spacial score (nSPS) is 26.8. The number of aliphatic hydroxyl groups is 1. The van der Waals surface area contributed by atoms with Crippen molar-refractivity contribution in [3.63, 3.8) is 0 Å². The van der Waals surface area contributed by atoms with Gasteiger partial charge in [0.05, 0.1) is 6.10 Å². The summed E-state index contributed by atoms with van der Waals surface area (Å²) in [5, 5.41) is 10.4. The van der Waals surface area contributed by atoms with E-state index in [9.17, 15) is 5.11 Å². The van der Waals surface area contributed by atoms with E-state index in [2.05, 4.69) is 9.80 Å². The van der Waals surface area contributed by atoms with Crippen LogP contribution in [0.5, 0.6) is 0 Å². The van der Waals surface area contributed by atoms with Crippen LogP contribution in [0.2, 0.25) is 0 Å². The van der Waals surface area contributed by atoms with Gasteiger partial charge in [-0.15, -0.1) is 0 Å². The topological polar surface area (TPSA) is 26.7 Å². The Labute approximate surface area is 122 Å². The lowest BCUT2D eigenvalue weighted by molar-refractivity contribution is 0.0651. The molecule has 1 aromatic rings. The van der Waals surface area contributed by atoms with Gasteiger partial charge >= 0.3 is 0 Å². The van der Waals surface area contributed by atoms with Crippen molar-refractivity contribution in [3.8, 4) is 0 Å². The fraction of sp³-hybridized carbons (Fsp3) is 0.647. The maximum Gasteiger partial charge on any atom is 0.0916 e. The Bertz CT molecular complexity index is 403. The summed E-state index contributed by atoms with van der Waals surface area (Å²) in [6, 6.07) is 10.8. The Balaban J connectivity index is 1.54. The van der Waals surface area contributed by atoms with E-state index < -0.39 is 0 Å². The fourth-order valence-electron chi connectivity index (χ4n) is 3.63. The third kappa shape index (κ3) is 3.40. The molecule has 3 rings (SSSR count). The Kier molecular flexibility index (Phi) is 4.71. The first kappa shape index (κ1) is 14.1. The summed E-state index contributed by atoms with van der Waals surface area (Å²) in [5.74, 6) is 0. The van der Waals surface area contributed by atoms with Crippen molar-refractivity contribution in [2.75, 3.05) is 32.7 Å². The summed E-state index contributed by atoms with van der Waals surface area (Å²) in [4.78, 5) is 5.10. The van der Waals surface area contributed by atoms with Gasteiger partial charge in [0.1, 0.15) is 0 Å². The molecule has 2 aliphatic rings. The number of rotatable bonds is 4. The maximum absolute atomic E-state index is 10.4. The second-order valence-electron chi connectivity index (χ2n) is 6.23. The quantitative estimate of drug-likeness (QED) is 0.912. The molecule has 2 heterocycles. The molecule has 0 aliphatic carbocycles.